The Morgan fingerprint density at radius 2 is 1.74 bits per heavy atom. The van der Waals surface area contributed by atoms with Gasteiger partial charge in [0.15, 0.2) is 0 Å². The molecule has 0 aromatic heterocycles. The minimum Gasteiger partial charge on any atom is -0.377 e. The lowest BCUT2D eigenvalue weighted by Crippen LogP contribution is -2.22. The number of nitrogens with one attached hydrogen (secondary N) is 1. The molecule has 0 saturated heterocycles. The topological polar surface area (TPSA) is 38.0 Å². The summed E-state index contributed by atoms with van der Waals surface area (Å²) >= 11 is 0. The predicted molar refractivity (Wildman–Crippen MR) is 77.7 cm³/mol. The minimum atomic E-state index is -0.248. The predicted octanol–water partition coefficient (Wildman–Crippen LogP) is 3.55. The highest BCUT2D eigenvalue weighted by Crippen LogP contribution is 2.25. The first kappa shape index (κ1) is 13.6. The summed E-state index contributed by atoms with van der Waals surface area (Å²) in [6.07, 6.45) is 0. The molecule has 0 aliphatic heterocycles. The molecule has 3 N–H and O–H groups in total. The van der Waals surface area contributed by atoms with Gasteiger partial charge in [-0.15, -0.1) is 0 Å². The molecule has 2 aromatic rings. The van der Waals surface area contributed by atoms with Crippen molar-refractivity contribution in [2.24, 2.45) is 5.73 Å². The summed E-state index contributed by atoms with van der Waals surface area (Å²) in [7, 11) is 0. The van der Waals surface area contributed by atoms with E-state index >= 15 is 0 Å². The van der Waals surface area contributed by atoms with Crippen molar-refractivity contribution in [3.05, 3.63) is 65.0 Å². The number of halogens is 1. The van der Waals surface area contributed by atoms with Crippen molar-refractivity contribution in [3.63, 3.8) is 0 Å². The summed E-state index contributed by atoms with van der Waals surface area (Å²) in [5, 5.41) is 3.30. The molecule has 3 heteroatoms. The molecule has 19 heavy (non-hydrogen) atoms. The Labute approximate surface area is 113 Å². The van der Waals surface area contributed by atoms with Crippen molar-refractivity contribution in [3.8, 4) is 0 Å². The number of hydrogen-bond donors (Lipinski definition) is 2. The highest BCUT2D eigenvalue weighted by atomic mass is 19.1. The van der Waals surface area contributed by atoms with Gasteiger partial charge in [0.1, 0.15) is 5.82 Å². The number of hydrogen-bond acceptors (Lipinski definition) is 2. The van der Waals surface area contributed by atoms with Crippen molar-refractivity contribution in [2.75, 3.05) is 11.9 Å². The third kappa shape index (κ3) is 3.12. The zero-order valence-electron chi connectivity index (χ0n) is 11.3. The van der Waals surface area contributed by atoms with Gasteiger partial charge in [0.25, 0.3) is 0 Å². The molecule has 2 rings (SSSR count). The maximum Gasteiger partial charge on any atom is 0.125 e. The number of anilines is 1. The van der Waals surface area contributed by atoms with Crippen molar-refractivity contribution in [2.45, 2.75) is 19.9 Å². The second kappa shape index (κ2) is 5.85. The van der Waals surface area contributed by atoms with Gasteiger partial charge >= 0.3 is 0 Å². The molecule has 0 spiro atoms. The fourth-order valence-electron chi connectivity index (χ4n) is 2.41. The molecule has 100 valence electrons. The second-order valence-electron chi connectivity index (χ2n) is 4.75. The summed E-state index contributed by atoms with van der Waals surface area (Å²) in [4.78, 5) is 0. The van der Waals surface area contributed by atoms with Crippen LogP contribution in [-0.2, 0) is 0 Å². The Morgan fingerprint density at radius 3 is 2.32 bits per heavy atom. The number of rotatable bonds is 4. The molecule has 0 amide bonds. The molecule has 0 saturated carbocycles. The van der Waals surface area contributed by atoms with Crippen LogP contribution < -0.4 is 11.1 Å². The van der Waals surface area contributed by atoms with E-state index in [0.717, 1.165) is 5.69 Å². The number of nitrogens with two attached hydrogens (primary N) is 1. The molecule has 0 radical (unpaired) electrons. The van der Waals surface area contributed by atoms with Gasteiger partial charge in [-0.3, -0.25) is 0 Å². The molecule has 0 bridgehead atoms. The molecule has 2 aromatic carbocycles. The van der Waals surface area contributed by atoms with Gasteiger partial charge in [0, 0.05) is 12.2 Å². The van der Waals surface area contributed by atoms with Crippen LogP contribution in [0.1, 0.15) is 22.7 Å². The van der Waals surface area contributed by atoms with E-state index in [4.69, 9.17) is 5.73 Å². The van der Waals surface area contributed by atoms with Crippen LogP contribution >= 0.6 is 0 Å². The Bertz CT molecular complexity index is 546. The van der Waals surface area contributed by atoms with Crippen LogP contribution in [0.3, 0.4) is 0 Å². The van der Waals surface area contributed by atoms with Gasteiger partial charge in [-0.25, -0.2) is 4.39 Å². The Hall–Kier alpha value is -1.87. The Kier molecular flexibility index (Phi) is 4.17. The molecule has 1 unspecified atom stereocenters. The highest BCUT2D eigenvalue weighted by Gasteiger charge is 2.14. The van der Waals surface area contributed by atoms with Crippen LogP contribution in [0, 0.1) is 19.7 Å². The lowest BCUT2D eigenvalue weighted by atomic mass is 9.96. The summed E-state index contributed by atoms with van der Waals surface area (Å²) < 4.78 is 13.2. The summed E-state index contributed by atoms with van der Waals surface area (Å²) in [5.74, 6) is -0.248. The largest absolute Gasteiger partial charge is 0.377 e. The van der Waals surface area contributed by atoms with Crippen LogP contribution in [0.25, 0.3) is 0 Å². The normalized spacial score (nSPS) is 12.2. The smallest absolute Gasteiger partial charge is 0.125 e. The fraction of sp³-hybridized carbons (Fsp3) is 0.250. The van der Waals surface area contributed by atoms with E-state index < -0.39 is 0 Å². The molecule has 0 aliphatic rings. The van der Waals surface area contributed by atoms with E-state index in [1.54, 1.807) is 6.07 Å². The molecule has 0 fully saturated rings. The minimum absolute atomic E-state index is 0.0111. The Balaban J connectivity index is 2.30. The lowest BCUT2D eigenvalue weighted by Gasteiger charge is -2.22. The van der Waals surface area contributed by atoms with Gasteiger partial charge in [0.05, 0.1) is 6.04 Å². The first-order chi connectivity index (χ1) is 9.11. The zero-order chi connectivity index (χ0) is 13.8. The van der Waals surface area contributed by atoms with Crippen LogP contribution in [0.2, 0.25) is 0 Å². The van der Waals surface area contributed by atoms with Gasteiger partial charge < -0.3 is 11.1 Å². The molecule has 1 atom stereocenters. The monoisotopic (exact) mass is 258 g/mol. The zero-order valence-corrected chi connectivity index (χ0v) is 11.3. The summed E-state index contributed by atoms with van der Waals surface area (Å²) in [6.45, 7) is 4.60. The van der Waals surface area contributed by atoms with Crippen LogP contribution in [0.5, 0.6) is 0 Å². The van der Waals surface area contributed by atoms with E-state index in [2.05, 4.69) is 31.3 Å². The average Bonchev–Trinajstić information content (AvgIpc) is 2.37. The van der Waals surface area contributed by atoms with Crippen molar-refractivity contribution >= 4 is 5.69 Å². The second-order valence-corrected chi connectivity index (χ2v) is 4.75. The third-order valence-electron chi connectivity index (χ3n) is 3.29. The number of aryl methyl sites for hydroxylation is 2. The maximum atomic E-state index is 13.2. The van der Waals surface area contributed by atoms with Gasteiger partial charge in [0.2, 0.25) is 0 Å². The SMILES string of the molecule is Cc1cccc(C)c1C(CN)Nc1cccc(F)c1. The highest BCUT2D eigenvalue weighted by molar-refractivity contribution is 5.48. The van der Waals surface area contributed by atoms with Crippen molar-refractivity contribution < 1.29 is 4.39 Å². The first-order valence-electron chi connectivity index (χ1n) is 6.40. The van der Waals surface area contributed by atoms with E-state index in [-0.39, 0.29) is 11.9 Å². The maximum absolute atomic E-state index is 13.2. The van der Waals surface area contributed by atoms with Crippen LogP contribution in [0.4, 0.5) is 10.1 Å². The van der Waals surface area contributed by atoms with E-state index in [1.165, 1.54) is 28.8 Å². The van der Waals surface area contributed by atoms with E-state index in [0.29, 0.717) is 6.54 Å². The quantitative estimate of drug-likeness (QED) is 0.880. The Morgan fingerprint density at radius 1 is 1.11 bits per heavy atom. The number of benzene rings is 2. The van der Waals surface area contributed by atoms with Crippen LogP contribution in [0.15, 0.2) is 42.5 Å². The summed E-state index contributed by atoms with van der Waals surface area (Å²) in [6, 6.07) is 12.6. The van der Waals surface area contributed by atoms with Crippen LogP contribution in [-0.4, -0.2) is 6.54 Å². The lowest BCUT2D eigenvalue weighted by molar-refractivity contribution is 0.627. The first-order valence-corrected chi connectivity index (χ1v) is 6.40. The van der Waals surface area contributed by atoms with Crippen molar-refractivity contribution in [1.29, 1.82) is 0 Å². The molecule has 0 heterocycles. The summed E-state index contributed by atoms with van der Waals surface area (Å²) in [5.41, 5.74) is 10.2. The van der Waals surface area contributed by atoms with E-state index in [9.17, 15) is 4.39 Å². The average molecular weight is 258 g/mol. The fourth-order valence-corrected chi connectivity index (χ4v) is 2.41. The molecule has 2 nitrogen and oxygen atoms in total. The van der Waals surface area contributed by atoms with Crippen molar-refractivity contribution in [1.82, 2.24) is 0 Å². The third-order valence-corrected chi connectivity index (χ3v) is 3.29. The van der Waals surface area contributed by atoms with E-state index in [1.807, 2.05) is 12.1 Å². The van der Waals surface area contributed by atoms with Gasteiger partial charge in [-0.05, 0) is 48.7 Å². The van der Waals surface area contributed by atoms with Gasteiger partial charge in [-0.1, -0.05) is 24.3 Å². The molecule has 0 aliphatic carbocycles. The molecular formula is C16H19FN2. The molecular weight excluding hydrogens is 239 g/mol. The standard InChI is InChI=1S/C16H19FN2/c1-11-5-3-6-12(2)16(11)15(10-18)19-14-8-4-7-13(17)9-14/h3-9,15,19H,10,18H2,1-2H3. The van der Waals surface area contributed by atoms with Gasteiger partial charge in [-0.2, -0.15) is 0 Å².